The van der Waals surface area contributed by atoms with Gasteiger partial charge in [0.25, 0.3) is 0 Å². The molecule has 0 aliphatic heterocycles. The minimum absolute atomic E-state index is 0. The van der Waals surface area contributed by atoms with Gasteiger partial charge in [0, 0.05) is 17.4 Å². The zero-order valence-electron chi connectivity index (χ0n) is 6.23. The average Bonchev–Trinajstić information content (AvgIpc) is 1.81. The van der Waals surface area contributed by atoms with Crippen LogP contribution in [0.4, 0.5) is 0 Å². The van der Waals surface area contributed by atoms with E-state index in [1.54, 1.807) is 0 Å². The number of hydrogen-bond acceptors (Lipinski definition) is 1. The van der Waals surface area contributed by atoms with Gasteiger partial charge in [-0.15, -0.1) is 6.61 Å². The SMILES string of the molecule is CCCCCCC[O-].[Al]. The highest BCUT2D eigenvalue weighted by Gasteiger charge is 1.81. The van der Waals surface area contributed by atoms with Gasteiger partial charge in [-0.2, -0.15) is 0 Å². The van der Waals surface area contributed by atoms with Crippen LogP contribution in [-0.4, -0.2) is 24.0 Å². The summed E-state index contributed by atoms with van der Waals surface area (Å²) in [6.07, 6.45) is 5.81. The summed E-state index contributed by atoms with van der Waals surface area (Å²) in [5, 5.41) is 9.89. The van der Waals surface area contributed by atoms with Gasteiger partial charge >= 0.3 is 0 Å². The highest BCUT2D eigenvalue weighted by Crippen LogP contribution is 1.99. The van der Waals surface area contributed by atoms with E-state index in [1.165, 1.54) is 19.3 Å². The lowest BCUT2D eigenvalue weighted by Crippen LogP contribution is -2.04. The van der Waals surface area contributed by atoms with Crippen molar-refractivity contribution in [3.63, 3.8) is 0 Å². The van der Waals surface area contributed by atoms with Crippen molar-refractivity contribution in [3.05, 3.63) is 0 Å². The first-order valence-corrected chi connectivity index (χ1v) is 3.50. The molecule has 0 rings (SSSR count). The lowest BCUT2D eigenvalue weighted by molar-refractivity contribution is -0.368. The van der Waals surface area contributed by atoms with Gasteiger partial charge in [-0.1, -0.05) is 39.0 Å². The van der Waals surface area contributed by atoms with E-state index in [0.29, 0.717) is 0 Å². The second kappa shape index (κ2) is 11.3. The van der Waals surface area contributed by atoms with Gasteiger partial charge in [0.05, 0.1) is 0 Å². The average molecular weight is 142 g/mol. The lowest BCUT2D eigenvalue weighted by Gasteiger charge is -2.00. The Kier molecular flexibility index (Phi) is 15.3. The van der Waals surface area contributed by atoms with E-state index in [1.807, 2.05) is 0 Å². The molecule has 0 bridgehead atoms. The van der Waals surface area contributed by atoms with Gasteiger partial charge in [-0.3, -0.25) is 0 Å². The monoisotopic (exact) mass is 142 g/mol. The first kappa shape index (κ1) is 12.2. The molecule has 1 nitrogen and oxygen atoms in total. The van der Waals surface area contributed by atoms with Crippen LogP contribution in [0.2, 0.25) is 0 Å². The Labute approximate surface area is 68.6 Å². The molecule has 0 aromatic carbocycles. The van der Waals surface area contributed by atoms with Gasteiger partial charge in [0.15, 0.2) is 0 Å². The quantitative estimate of drug-likeness (QED) is 0.414. The predicted octanol–water partition coefficient (Wildman–Crippen LogP) is 0.936. The molecule has 0 fully saturated rings. The first-order chi connectivity index (χ1) is 3.91. The van der Waals surface area contributed by atoms with Gasteiger partial charge in [0.2, 0.25) is 0 Å². The van der Waals surface area contributed by atoms with Crippen molar-refractivity contribution in [1.82, 2.24) is 0 Å². The molecule has 0 unspecified atom stereocenters. The van der Waals surface area contributed by atoms with E-state index in [0.717, 1.165) is 12.8 Å². The van der Waals surface area contributed by atoms with Crippen molar-refractivity contribution >= 4 is 17.4 Å². The Morgan fingerprint density at radius 3 is 2.00 bits per heavy atom. The number of hydrogen-bond donors (Lipinski definition) is 0. The number of unbranched alkanes of at least 4 members (excludes halogenated alkanes) is 4. The smallest absolute Gasteiger partial charge is 0 e. The summed E-state index contributed by atoms with van der Waals surface area (Å²) in [6, 6.07) is 0. The molecule has 0 aliphatic rings. The lowest BCUT2D eigenvalue weighted by atomic mass is 10.2. The van der Waals surface area contributed by atoms with E-state index in [-0.39, 0.29) is 24.0 Å². The molecule has 0 aromatic rings. The van der Waals surface area contributed by atoms with Crippen LogP contribution in [0.15, 0.2) is 0 Å². The fourth-order valence-electron chi connectivity index (χ4n) is 0.706. The third-order valence-electron chi connectivity index (χ3n) is 1.25. The molecule has 0 aromatic heterocycles. The van der Waals surface area contributed by atoms with E-state index in [4.69, 9.17) is 0 Å². The first-order valence-electron chi connectivity index (χ1n) is 3.50. The van der Waals surface area contributed by atoms with Crippen molar-refractivity contribution in [2.45, 2.75) is 39.0 Å². The van der Waals surface area contributed by atoms with Crippen LogP contribution in [0.5, 0.6) is 0 Å². The van der Waals surface area contributed by atoms with Crippen LogP contribution in [0, 0.1) is 0 Å². The molecular weight excluding hydrogens is 127 g/mol. The third-order valence-corrected chi connectivity index (χ3v) is 1.25. The maximum atomic E-state index is 9.89. The van der Waals surface area contributed by atoms with Crippen LogP contribution in [-0.2, 0) is 0 Å². The minimum Gasteiger partial charge on any atom is -0.854 e. The summed E-state index contributed by atoms with van der Waals surface area (Å²) in [4.78, 5) is 0. The Balaban J connectivity index is 0. The molecule has 0 aliphatic carbocycles. The normalized spacial score (nSPS) is 8.67. The molecule has 0 N–H and O–H groups in total. The van der Waals surface area contributed by atoms with Crippen LogP contribution < -0.4 is 5.11 Å². The Morgan fingerprint density at radius 1 is 1.00 bits per heavy atom. The maximum Gasteiger partial charge on any atom is 0 e. The molecule has 9 heavy (non-hydrogen) atoms. The maximum absolute atomic E-state index is 9.89. The molecule has 0 saturated heterocycles. The zero-order valence-corrected chi connectivity index (χ0v) is 7.38. The highest BCUT2D eigenvalue weighted by molar-refractivity contribution is 5.75. The van der Waals surface area contributed by atoms with Gasteiger partial charge < -0.3 is 5.11 Å². The molecule has 0 spiro atoms. The van der Waals surface area contributed by atoms with Gasteiger partial charge in [-0.05, 0) is 0 Å². The predicted molar refractivity (Wildman–Crippen MR) is 39.4 cm³/mol. The standard InChI is InChI=1S/C7H15O.Al/c1-2-3-4-5-6-7-8;/h2-7H2,1H3;/q-1;. The summed E-state index contributed by atoms with van der Waals surface area (Å²) in [6.45, 7) is 2.29. The summed E-state index contributed by atoms with van der Waals surface area (Å²) in [5.41, 5.74) is 0. The van der Waals surface area contributed by atoms with Crippen LogP contribution in [0.1, 0.15) is 39.0 Å². The Morgan fingerprint density at radius 2 is 1.56 bits per heavy atom. The highest BCUT2D eigenvalue weighted by atomic mass is 27.0. The second-order valence-corrected chi connectivity index (χ2v) is 2.12. The molecule has 0 atom stereocenters. The van der Waals surface area contributed by atoms with E-state index < -0.39 is 0 Å². The van der Waals surface area contributed by atoms with Crippen molar-refractivity contribution in [2.24, 2.45) is 0 Å². The summed E-state index contributed by atoms with van der Waals surface area (Å²) in [5.74, 6) is 0. The third kappa shape index (κ3) is 11.9. The van der Waals surface area contributed by atoms with Gasteiger partial charge in [0.1, 0.15) is 0 Å². The number of rotatable bonds is 5. The van der Waals surface area contributed by atoms with Crippen molar-refractivity contribution in [3.8, 4) is 0 Å². The Bertz CT molecular complexity index is 33.9. The minimum atomic E-state index is 0. The molecule has 0 saturated carbocycles. The second-order valence-electron chi connectivity index (χ2n) is 2.12. The molecule has 0 amide bonds. The van der Waals surface area contributed by atoms with Gasteiger partial charge in [-0.25, -0.2) is 0 Å². The molecular formula is C7H15AlO-. The van der Waals surface area contributed by atoms with E-state index >= 15 is 0 Å². The van der Waals surface area contributed by atoms with Crippen LogP contribution in [0.3, 0.4) is 0 Å². The molecule has 0 heterocycles. The topological polar surface area (TPSA) is 23.1 Å². The van der Waals surface area contributed by atoms with E-state index in [9.17, 15) is 5.11 Å². The fraction of sp³-hybridized carbons (Fsp3) is 1.00. The molecule has 53 valence electrons. The van der Waals surface area contributed by atoms with Crippen molar-refractivity contribution in [1.29, 1.82) is 0 Å². The summed E-state index contributed by atoms with van der Waals surface area (Å²) >= 11 is 0. The largest absolute Gasteiger partial charge is 0.854 e. The van der Waals surface area contributed by atoms with Crippen LogP contribution in [0.25, 0.3) is 0 Å². The van der Waals surface area contributed by atoms with E-state index in [2.05, 4.69) is 6.92 Å². The van der Waals surface area contributed by atoms with Crippen molar-refractivity contribution < 1.29 is 5.11 Å². The molecule has 3 radical (unpaired) electrons. The summed E-state index contributed by atoms with van der Waals surface area (Å²) in [7, 11) is 0. The van der Waals surface area contributed by atoms with Crippen LogP contribution >= 0.6 is 0 Å². The zero-order chi connectivity index (χ0) is 6.24. The molecule has 2 heteroatoms. The fourth-order valence-corrected chi connectivity index (χ4v) is 0.706. The Hall–Kier alpha value is 0.492. The summed E-state index contributed by atoms with van der Waals surface area (Å²) < 4.78 is 0. The van der Waals surface area contributed by atoms with Crippen molar-refractivity contribution in [2.75, 3.05) is 6.61 Å².